The van der Waals surface area contributed by atoms with Gasteiger partial charge in [0, 0.05) is 25.2 Å². The van der Waals surface area contributed by atoms with E-state index >= 15 is 0 Å². The molecule has 4 heteroatoms. The van der Waals surface area contributed by atoms with Gasteiger partial charge in [0.15, 0.2) is 0 Å². The molecule has 0 amide bonds. The molecule has 0 aromatic heterocycles. The third-order valence-corrected chi connectivity index (χ3v) is 4.24. The summed E-state index contributed by atoms with van der Waals surface area (Å²) in [7, 11) is 3.57. The molecule has 0 aromatic rings. The lowest BCUT2D eigenvalue weighted by molar-refractivity contribution is -0.147. The predicted octanol–water partition coefficient (Wildman–Crippen LogP) is 1.40. The van der Waals surface area contributed by atoms with Gasteiger partial charge < -0.3 is 15.0 Å². The molecule has 1 aliphatic heterocycles. The van der Waals surface area contributed by atoms with Gasteiger partial charge in [-0.05, 0) is 26.3 Å². The average Bonchev–Trinajstić information content (AvgIpc) is 2.38. The molecule has 0 bridgehead atoms. The van der Waals surface area contributed by atoms with Crippen molar-refractivity contribution in [2.45, 2.75) is 50.6 Å². The molecule has 104 valence electrons. The predicted molar refractivity (Wildman–Crippen MR) is 71.4 cm³/mol. The van der Waals surface area contributed by atoms with E-state index in [1.54, 1.807) is 0 Å². The molecular formula is C14H26N2O2. The molecule has 2 aliphatic rings. The number of nitrogens with one attached hydrogen (secondary N) is 1. The van der Waals surface area contributed by atoms with Gasteiger partial charge in [-0.25, -0.2) is 0 Å². The third-order valence-electron chi connectivity index (χ3n) is 4.24. The highest BCUT2D eigenvalue weighted by molar-refractivity contribution is 5.72. The Hall–Kier alpha value is -0.610. The summed E-state index contributed by atoms with van der Waals surface area (Å²) in [5, 5.41) is 3.75. The van der Waals surface area contributed by atoms with Crippen LogP contribution in [-0.4, -0.2) is 50.2 Å². The molecule has 4 nitrogen and oxygen atoms in total. The van der Waals surface area contributed by atoms with E-state index in [1.807, 2.05) is 0 Å². The van der Waals surface area contributed by atoms with Gasteiger partial charge in [0.1, 0.15) is 0 Å². The number of nitrogens with zero attached hydrogens (tertiary/aromatic N) is 1. The largest absolute Gasteiger partial charge is 0.469 e. The van der Waals surface area contributed by atoms with E-state index in [2.05, 4.69) is 17.3 Å². The highest BCUT2D eigenvalue weighted by atomic mass is 16.5. The van der Waals surface area contributed by atoms with Crippen LogP contribution in [0.3, 0.4) is 0 Å². The summed E-state index contributed by atoms with van der Waals surface area (Å²) in [6.07, 6.45) is 7.59. The number of likely N-dealkylation sites (N-methyl/N-ethyl adjacent to an activating group) is 1. The lowest BCUT2D eigenvalue weighted by Crippen LogP contribution is -2.52. The Bertz CT molecular complexity index is 277. The van der Waals surface area contributed by atoms with Crippen molar-refractivity contribution in [2.75, 3.05) is 27.2 Å². The summed E-state index contributed by atoms with van der Waals surface area (Å²) in [5.74, 6) is -0.0214. The number of hydrogen-bond acceptors (Lipinski definition) is 4. The molecule has 1 saturated heterocycles. The fourth-order valence-electron chi connectivity index (χ4n) is 3.38. The van der Waals surface area contributed by atoms with E-state index in [0.29, 0.717) is 12.1 Å². The maximum absolute atomic E-state index is 11.7. The topological polar surface area (TPSA) is 41.6 Å². The van der Waals surface area contributed by atoms with Crippen molar-refractivity contribution < 1.29 is 9.53 Å². The summed E-state index contributed by atoms with van der Waals surface area (Å²) >= 11 is 0. The van der Waals surface area contributed by atoms with Gasteiger partial charge in [-0.1, -0.05) is 19.3 Å². The molecule has 0 spiro atoms. The molecule has 0 aromatic carbocycles. The fourth-order valence-corrected chi connectivity index (χ4v) is 3.38. The molecule has 1 aliphatic carbocycles. The minimum atomic E-state index is -0.0583. The summed E-state index contributed by atoms with van der Waals surface area (Å²) in [6.45, 7) is 1.87. The first kappa shape index (κ1) is 13.8. The van der Waals surface area contributed by atoms with Crippen LogP contribution in [0.4, 0.5) is 0 Å². The Morgan fingerprint density at radius 2 is 1.89 bits per heavy atom. The van der Waals surface area contributed by atoms with Crippen molar-refractivity contribution in [1.82, 2.24) is 10.2 Å². The van der Waals surface area contributed by atoms with Crippen molar-refractivity contribution >= 4 is 5.97 Å². The van der Waals surface area contributed by atoms with Gasteiger partial charge in [-0.15, -0.1) is 0 Å². The molecule has 2 rings (SSSR count). The van der Waals surface area contributed by atoms with Crippen LogP contribution < -0.4 is 5.32 Å². The second-order valence-corrected chi connectivity index (χ2v) is 5.88. The molecule has 1 heterocycles. The van der Waals surface area contributed by atoms with E-state index in [9.17, 15) is 4.79 Å². The van der Waals surface area contributed by atoms with Crippen LogP contribution in [0.2, 0.25) is 0 Å². The number of rotatable bonds is 3. The maximum Gasteiger partial charge on any atom is 0.310 e. The van der Waals surface area contributed by atoms with Crippen molar-refractivity contribution in [3.63, 3.8) is 0 Å². The SMILES string of the molecule is COC(=O)C1CC(NC2CCCCC2)CN(C)C1. The maximum atomic E-state index is 11.7. The Balaban J connectivity index is 1.85. The van der Waals surface area contributed by atoms with Gasteiger partial charge >= 0.3 is 5.97 Å². The normalized spacial score (nSPS) is 31.2. The number of carbonyl (C=O) groups is 1. The van der Waals surface area contributed by atoms with Crippen LogP contribution in [0, 0.1) is 5.92 Å². The third kappa shape index (κ3) is 3.69. The van der Waals surface area contributed by atoms with Crippen molar-refractivity contribution in [3.05, 3.63) is 0 Å². The van der Waals surface area contributed by atoms with E-state index in [-0.39, 0.29) is 11.9 Å². The van der Waals surface area contributed by atoms with Crippen LogP contribution in [-0.2, 0) is 9.53 Å². The van der Waals surface area contributed by atoms with Crippen LogP contribution >= 0.6 is 0 Å². The lowest BCUT2D eigenvalue weighted by atomic mass is 9.91. The number of ether oxygens (including phenoxy) is 1. The van der Waals surface area contributed by atoms with Crippen LogP contribution in [0.25, 0.3) is 0 Å². The minimum Gasteiger partial charge on any atom is -0.469 e. The Morgan fingerprint density at radius 1 is 1.17 bits per heavy atom. The fraction of sp³-hybridized carbons (Fsp3) is 0.929. The monoisotopic (exact) mass is 254 g/mol. The quantitative estimate of drug-likeness (QED) is 0.773. The molecule has 1 N–H and O–H groups in total. The van der Waals surface area contributed by atoms with Crippen LogP contribution in [0.1, 0.15) is 38.5 Å². The zero-order valence-corrected chi connectivity index (χ0v) is 11.7. The van der Waals surface area contributed by atoms with E-state index in [1.165, 1.54) is 39.2 Å². The zero-order chi connectivity index (χ0) is 13.0. The molecule has 2 fully saturated rings. The summed E-state index contributed by atoms with van der Waals surface area (Å²) in [4.78, 5) is 13.9. The summed E-state index contributed by atoms with van der Waals surface area (Å²) < 4.78 is 4.88. The number of hydrogen-bond donors (Lipinski definition) is 1. The molecule has 2 unspecified atom stereocenters. The van der Waals surface area contributed by atoms with Gasteiger partial charge in [0.05, 0.1) is 13.0 Å². The van der Waals surface area contributed by atoms with E-state index < -0.39 is 0 Å². The Morgan fingerprint density at radius 3 is 2.56 bits per heavy atom. The van der Waals surface area contributed by atoms with Crippen molar-refractivity contribution in [2.24, 2.45) is 5.92 Å². The number of carbonyl (C=O) groups excluding carboxylic acids is 1. The van der Waals surface area contributed by atoms with E-state index in [4.69, 9.17) is 4.74 Å². The second kappa shape index (κ2) is 6.53. The first-order valence-electron chi connectivity index (χ1n) is 7.21. The van der Waals surface area contributed by atoms with Crippen molar-refractivity contribution in [3.8, 4) is 0 Å². The van der Waals surface area contributed by atoms with Gasteiger partial charge in [0.2, 0.25) is 0 Å². The summed E-state index contributed by atoms with van der Waals surface area (Å²) in [5.41, 5.74) is 0. The molecule has 0 radical (unpaired) electrons. The lowest BCUT2D eigenvalue weighted by Gasteiger charge is -2.37. The molecule has 2 atom stereocenters. The van der Waals surface area contributed by atoms with E-state index in [0.717, 1.165) is 19.5 Å². The Kier molecular flexibility index (Phi) is 5.01. The van der Waals surface area contributed by atoms with Gasteiger partial charge in [-0.2, -0.15) is 0 Å². The standard InChI is InChI=1S/C14H26N2O2/c1-16-9-11(14(17)18-2)8-13(10-16)15-12-6-4-3-5-7-12/h11-13,15H,3-10H2,1-2H3. The molecule has 18 heavy (non-hydrogen) atoms. The highest BCUT2D eigenvalue weighted by Gasteiger charge is 2.31. The van der Waals surface area contributed by atoms with Crippen LogP contribution in [0.15, 0.2) is 0 Å². The van der Waals surface area contributed by atoms with Crippen LogP contribution in [0.5, 0.6) is 0 Å². The average molecular weight is 254 g/mol. The molecular weight excluding hydrogens is 228 g/mol. The second-order valence-electron chi connectivity index (χ2n) is 5.88. The number of piperidine rings is 1. The number of likely N-dealkylation sites (tertiary alicyclic amines) is 1. The van der Waals surface area contributed by atoms with Gasteiger partial charge in [0.25, 0.3) is 0 Å². The number of esters is 1. The van der Waals surface area contributed by atoms with Crippen molar-refractivity contribution in [1.29, 1.82) is 0 Å². The highest BCUT2D eigenvalue weighted by Crippen LogP contribution is 2.22. The minimum absolute atomic E-state index is 0.0369. The first-order valence-corrected chi connectivity index (χ1v) is 7.21. The summed E-state index contributed by atoms with van der Waals surface area (Å²) in [6, 6.07) is 1.10. The molecule has 1 saturated carbocycles. The van der Waals surface area contributed by atoms with Gasteiger partial charge in [-0.3, -0.25) is 4.79 Å². The first-order chi connectivity index (χ1) is 8.69. The smallest absolute Gasteiger partial charge is 0.310 e. The zero-order valence-electron chi connectivity index (χ0n) is 11.7. The Labute approximate surface area is 110 Å². The number of methoxy groups -OCH3 is 1.